The number of ketones is 1. The standard InChI is InChI=1S/C24H18ClF2N3O3S/c25-18-9-5-15(2-1-11-29-34(32)33)23(27)22(18)24(31)16-6-10-19-20(12-16)30-21(13-28-19)14-3-7-17(26)8-4-14/h3-10,12-13,29H,1-2,11H2,(H,32,33). The molecule has 0 saturated carbocycles. The molecule has 0 spiro atoms. The molecular weight excluding hydrogens is 484 g/mol. The number of halogens is 3. The SMILES string of the molecule is O=C(c1ccc2ncc(-c3ccc(F)cc3)nc2c1)c1c(Cl)ccc(CCCNS(=O)O)c1F. The van der Waals surface area contributed by atoms with Crippen LogP contribution in [0.1, 0.15) is 27.9 Å². The fourth-order valence-electron chi connectivity index (χ4n) is 3.49. The monoisotopic (exact) mass is 501 g/mol. The van der Waals surface area contributed by atoms with Crippen molar-refractivity contribution in [3.05, 3.63) is 94.1 Å². The second-order valence-electron chi connectivity index (χ2n) is 7.44. The van der Waals surface area contributed by atoms with Crippen molar-refractivity contribution in [1.82, 2.24) is 14.7 Å². The molecule has 0 aliphatic carbocycles. The zero-order valence-corrected chi connectivity index (χ0v) is 19.2. The van der Waals surface area contributed by atoms with Crippen LogP contribution in [0, 0.1) is 11.6 Å². The lowest BCUT2D eigenvalue weighted by molar-refractivity contribution is 0.103. The first kappa shape index (κ1) is 24.0. The Kier molecular flexibility index (Phi) is 7.38. The van der Waals surface area contributed by atoms with Gasteiger partial charge in [0.05, 0.1) is 33.5 Å². The number of fused-ring (bicyclic) bond motifs is 1. The van der Waals surface area contributed by atoms with Crippen LogP contribution < -0.4 is 4.72 Å². The number of carbonyl (C=O) groups is 1. The van der Waals surface area contributed by atoms with Crippen LogP contribution in [0.4, 0.5) is 8.78 Å². The second-order valence-corrected chi connectivity index (χ2v) is 8.63. The smallest absolute Gasteiger partial charge is 0.231 e. The molecular formula is C24H18ClF2N3O3S. The van der Waals surface area contributed by atoms with Gasteiger partial charge in [-0.1, -0.05) is 17.7 Å². The summed E-state index contributed by atoms with van der Waals surface area (Å²) in [5.74, 6) is -1.70. The van der Waals surface area contributed by atoms with Crippen LogP contribution in [0.25, 0.3) is 22.3 Å². The number of benzene rings is 3. The van der Waals surface area contributed by atoms with Gasteiger partial charge in [-0.3, -0.25) is 14.3 Å². The van der Waals surface area contributed by atoms with Crippen LogP contribution in [0.15, 0.2) is 60.8 Å². The Hall–Kier alpha value is -3.11. The Morgan fingerprint density at radius 3 is 2.56 bits per heavy atom. The fourth-order valence-corrected chi connectivity index (χ4v) is 4.04. The van der Waals surface area contributed by atoms with E-state index in [-0.39, 0.29) is 40.5 Å². The summed E-state index contributed by atoms with van der Waals surface area (Å²) in [7, 11) is 0. The zero-order chi connectivity index (χ0) is 24.2. The van der Waals surface area contributed by atoms with Crippen LogP contribution in [0.3, 0.4) is 0 Å². The molecule has 10 heteroatoms. The number of hydrogen-bond donors (Lipinski definition) is 2. The van der Waals surface area contributed by atoms with E-state index in [9.17, 15) is 13.4 Å². The van der Waals surface area contributed by atoms with E-state index >= 15 is 4.39 Å². The molecule has 1 aromatic heterocycles. The third kappa shape index (κ3) is 5.34. The van der Waals surface area contributed by atoms with Crippen molar-refractivity contribution < 1.29 is 22.3 Å². The minimum atomic E-state index is -2.14. The summed E-state index contributed by atoms with van der Waals surface area (Å²) < 4.78 is 50.2. The predicted molar refractivity (Wildman–Crippen MR) is 127 cm³/mol. The third-order valence-electron chi connectivity index (χ3n) is 5.19. The van der Waals surface area contributed by atoms with Crippen LogP contribution in [-0.2, 0) is 17.7 Å². The highest BCUT2D eigenvalue weighted by Gasteiger charge is 2.21. The molecule has 4 aromatic rings. The fraction of sp³-hybridized carbons (Fsp3) is 0.125. The van der Waals surface area contributed by atoms with Crippen LogP contribution in [-0.4, -0.2) is 31.1 Å². The molecule has 1 heterocycles. The molecule has 1 atom stereocenters. The normalized spacial score (nSPS) is 12.1. The summed E-state index contributed by atoms with van der Waals surface area (Å²) in [6, 6.07) is 13.4. The third-order valence-corrected chi connectivity index (χ3v) is 5.96. The Bertz CT molecular complexity index is 1400. The Morgan fingerprint density at radius 1 is 1.06 bits per heavy atom. The van der Waals surface area contributed by atoms with Gasteiger partial charge in [0.1, 0.15) is 11.6 Å². The molecule has 0 saturated heterocycles. The summed E-state index contributed by atoms with van der Waals surface area (Å²) in [5, 5.41) is -0.0212. The van der Waals surface area contributed by atoms with Gasteiger partial charge in [-0.2, -0.15) is 0 Å². The second kappa shape index (κ2) is 10.4. The minimum Gasteiger partial charge on any atom is -0.294 e. The van der Waals surface area contributed by atoms with E-state index < -0.39 is 22.9 Å². The van der Waals surface area contributed by atoms with Crippen molar-refractivity contribution in [2.24, 2.45) is 0 Å². The molecule has 4 rings (SSSR count). The molecule has 0 fully saturated rings. The van der Waals surface area contributed by atoms with Crippen molar-refractivity contribution in [1.29, 1.82) is 0 Å². The molecule has 0 aliphatic heterocycles. The molecule has 3 aromatic carbocycles. The predicted octanol–water partition coefficient (Wildman–Crippen LogP) is 5.12. The Balaban J connectivity index is 1.64. The van der Waals surface area contributed by atoms with Gasteiger partial charge in [0.2, 0.25) is 11.3 Å². The first-order valence-electron chi connectivity index (χ1n) is 10.2. The molecule has 2 N–H and O–H groups in total. The number of aryl methyl sites for hydroxylation is 1. The topological polar surface area (TPSA) is 92.2 Å². The Labute approximate surface area is 201 Å². The lowest BCUT2D eigenvalue weighted by Gasteiger charge is -2.11. The molecule has 0 amide bonds. The maximum absolute atomic E-state index is 15.2. The average Bonchev–Trinajstić information content (AvgIpc) is 2.82. The number of rotatable bonds is 8. The summed E-state index contributed by atoms with van der Waals surface area (Å²) in [6.07, 6.45) is 2.19. The van der Waals surface area contributed by atoms with Crippen molar-refractivity contribution >= 4 is 39.7 Å². The van der Waals surface area contributed by atoms with Crippen molar-refractivity contribution in [2.45, 2.75) is 12.8 Å². The molecule has 0 aliphatic rings. The van der Waals surface area contributed by atoms with Gasteiger partial charge in [-0.05, 0) is 66.9 Å². The van der Waals surface area contributed by atoms with E-state index in [1.54, 1.807) is 24.4 Å². The molecule has 6 nitrogen and oxygen atoms in total. The molecule has 0 radical (unpaired) electrons. The highest BCUT2D eigenvalue weighted by atomic mass is 35.5. The van der Waals surface area contributed by atoms with Crippen molar-refractivity contribution in [2.75, 3.05) is 6.54 Å². The molecule has 0 bridgehead atoms. The quantitative estimate of drug-likeness (QED) is 0.199. The van der Waals surface area contributed by atoms with Crippen LogP contribution >= 0.6 is 11.6 Å². The van der Waals surface area contributed by atoms with Crippen LogP contribution in [0.5, 0.6) is 0 Å². The Morgan fingerprint density at radius 2 is 1.82 bits per heavy atom. The van der Waals surface area contributed by atoms with Gasteiger partial charge < -0.3 is 0 Å². The van der Waals surface area contributed by atoms with E-state index in [4.69, 9.17) is 16.2 Å². The van der Waals surface area contributed by atoms with E-state index in [1.165, 1.54) is 36.4 Å². The van der Waals surface area contributed by atoms with Crippen molar-refractivity contribution in [3.8, 4) is 11.3 Å². The van der Waals surface area contributed by atoms with Gasteiger partial charge in [0, 0.05) is 17.7 Å². The summed E-state index contributed by atoms with van der Waals surface area (Å²) in [6.45, 7) is 0.203. The number of nitrogens with zero attached hydrogens (tertiary/aromatic N) is 2. The number of aromatic nitrogens is 2. The number of hydrogen-bond acceptors (Lipinski definition) is 4. The highest BCUT2D eigenvalue weighted by Crippen LogP contribution is 2.27. The number of carbonyl (C=O) groups excluding carboxylic acids is 1. The summed E-state index contributed by atoms with van der Waals surface area (Å²) in [4.78, 5) is 22.1. The lowest BCUT2D eigenvalue weighted by atomic mass is 9.98. The van der Waals surface area contributed by atoms with Gasteiger partial charge in [-0.15, -0.1) is 0 Å². The zero-order valence-electron chi connectivity index (χ0n) is 17.6. The summed E-state index contributed by atoms with van der Waals surface area (Å²) >= 11 is 4.04. The van der Waals surface area contributed by atoms with Gasteiger partial charge in [-0.25, -0.2) is 22.7 Å². The molecule has 174 valence electrons. The maximum Gasteiger partial charge on any atom is 0.231 e. The van der Waals surface area contributed by atoms with E-state index in [1.807, 2.05) is 0 Å². The van der Waals surface area contributed by atoms with Gasteiger partial charge >= 0.3 is 0 Å². The number of nitrogens with one attached hydrogen (secondary N) is 1. The largest absolute Gasteiger partial charge is 0.294 e. The molecule has 34 heavy (non-hydrogen) atoms. The average molecular weight is 502 g/mol. The van der Waals surface area contributed by atoms with Crippen molar-refractivity contribution in [3.63, 3.8) is 0 Å². The van der Waals surface area contributed by atoms with Gasteiger partial charge in [0.15, 0.2) is 5.78 Å². The summed E-state index contributed by atoms with van der Waals surface area (Å²) in [5.41, 5.74) is 2.33. The van der Waals surface area contributed by atoms with Gasteiger partial charge in [0.25, 0.3) is 0 Å². The lowest BCUT2D eigenvalue weighted by Crippen LogP contribution is -2.18. The van der Waals surface area contributed by atoms with Crippen LogP contribution in [0.2, 0.25) is 5.02 Å². The first-order chi connectivity index (χ1) is 16.3. The highest BCUT2D eigenvalue weighted by molar-refractivity contribution is 7.77. The van der Waals surface area contributed by atoms with E-state index in [2.05, 4.69) is 14.7 Å². The first-order valence-corrected chi connectivity index (χ1v) is 11.7. The van der Waals surface area contributed by atoms with E-state index in [0.29, 0.717) is 28.7 Å². The maximum atomic E-state index is 15.2. The van der Waals surface area contributed by atoms with E-state index in [0.717, 1.165) is 0 Å². The minimum absolute atomic E-state index is 0.0212. The molecule has 1 unspecified atom stereocenters.